The van der Waals surface area contributed by atoms with E-state index in [0.29, 0.717) is 18.3 Å². The third-order valence-corrected chi connectivity index (χ3v) is 3.24. The topological polar surface area (TPSA) is 76.6 Å². The Hall–Kier alpha value is -1.70. The largest absolute Gasteiger partial charge is 0.472 e. The highest BCUT2D eigenvalue weighted by atomic mass is 16.5. The van der Waals surface area contributed by atoms with Gasteiger partial charge in [-0.3, -0.25) is 0 Å². The number of hydrogen-bond acceptors (Lipinski definition) is 7. The monoisotopic (exact) mass is 278 g/mol. The van der Waals surface area contributed by atoms with Crippen LogP contribution >= 0.6 is 0 Å². The van der Waals surface area contributed by atoms with Gasteiger partial charge in [0.15, 0.2) is 0 Å². The summed E-state index contributed by atoms with van der Waals surface area (Å²) in [5.41, 5.74) is 0.817. The minimum absolute atomic E-state index is 0.213. The van der Waals surface area contributed by atoms with Crippen molar-refractivity contribution in [1.82, 2.24) is 20.4 Å². The zero-order valence-electron chi connectivity index (χ0n) is 11.4. The fourth-order valence-electron chi connectivity index (χ4n) is 2.17. The number of nitrogens with zero attached hydrogens (tertiary/aromatic N) is 3. The number of hydrogen-bond donors (Lipinski definition) is 1. The standard InChI is InChI=1S/C13H18N4O3/c1-17-3-5-19-11(8-17)6-14-7-12-15-13(16-20-12)10-2-4-18-9-10/h2,4,9,11,14H,3,5-8H2,1H3/t11-/m1/s1. The van der Waals surface area contributed by atoms with Gasteiger partial charge in [0.25, 0.3) is 0 Å². The van der Waals surface area contributed by atoms with Gasteiger partial charge in [0.05, 0.1) is 31.1 Å². The number of morpholine rings is 1. The lowest BCUT2D eigenvalue weighted by molar-refractivity contribution is -0.0184. The molecule has 1 aliphatic rings. The summed E-state index contributed by atoms with van der Waals surface area (Å²) in [6.07, 6.45) is 3.39. The first-order chi connectivity index (χ1) is 9.81. The molecular formula is C13H18N4O3. The Morgan fingerprint density at radius 3 is 3.25 bits per heavy atom. The second-order valence-corrected chi connectivity index (χ2v) is 4.91. The van der Waals surface area contributed by atoms with E-state index in [1.165, 1.54) is 0 Å². The van der Waals surface area contributed by atoms with Gasteiger partial charge in [-0.25, -0.2) is 0 Å². The Balaban J connectivity index is 1.47. The second kappa shape index (κ2) is 6.17. The van der Waals surface area contributed by atoms with Crippen molar-refractivity contribution in [2.45, 2.75) is 12.6 Å². The molecule has 1 aliphatic heterocycles. The molecular weight excluding hydrogens is 260 g/mol. The summed E-state index contributed by atoms with van der Waals surface area (Å²) in [7, 11) is 2.10. The van der Waals surface area contributed by atoms with Gasteiger partial charge in [0.1, 0.15) is 6.26 Å². The van der Waals surface area contributed by atoms with Crippen molar-refractivity contribution in [3.63, 3.8) is 0 Å². The van der Waals surface area contributed by atoms with E-state index in [1.807, 2.05) is 0 Å². The second-order valence-electron chi connectivity index (χ2n) is 4.91. The van der Waals surface area contributed by atoms with Gasteiger partial charge in [-0.2, -0.15) is 4.98 Å². The van der Waals surface area contributed by atoms with Gasteiger partial charge >= 0.3 is 0 Å². The fourth-order valence-corrected chi connectivity index (χ4v) is 2.17. The van der Waals surface area contributed by atoms with Crippen LogP contribution < -0.4 is 5.32 Å². The molecule has 20 heavy (non-hydrogen) atoms. The molecule has 0 aliphatic carbocycles. The van der Waals surface area contributed by atoms with Gasteiger partial charge in [0.2, 0.25) is 11.7 Å². The number of nitrogens with one attached hydrogen (secondary N) is 1. The zero-order valence-corrected chi connectivity index (χ0v) is 11.4. The van der Waals surface area contributed by atoms with Crippen molar-refractivity contribution in [1.29, 1.82) is 0 Å². The molecule has 0 aromatic carbocycles. The van der Waals surface area contributed by atoms with Crippen LogP contribution in [0.15, 0.2) is 27.5 Å². The summed E-state index contributed by atoms with van der Waals surface area (Å²) in [6.45, 7) is 4.03. The van der Waals surface area contributed by atoms with Crippen molar-refractivity contribution in [3.8, 4) is 11.4 Å². The Morgan fingerprint density at radius 2 is 2.45 bits per heavy atom. The first-order valence-corrected chi connectivity index (χ1v) is 6.67. The highest BCUT2D eigenvalue weighted by molar-refractivity contribution is 5.51. The highest BCUT2D eigenvalue weighted by Gasteiger charge is 2.17. The Bertz CT molecular complexity index is 525. The molecule has 0 bridgehead atoms. The lowest BCUT2D eigenvalue weighted by atomic mass is 10.3. The van der Waals surface area contributed by atoms with Crippen molar-refractivity contribution in [2.24, 2.45) is 0 Å². The van der Waals surface area contributed by atoms with Crippen molar-refractivity contribution < 1.29 is 13.7 Å². The number of likely N-dealkylation sites (N-methyl/N-ethyl adjacent to an activating group) is 1. The summed E-state index contributed by atoms with van der Waals surface area (Å²) >= 11 is 0. The van der Waals surface area contributed by atoms with Gasteiger partial charge in [0, 0.05) is 19.6 Å². The maximum absolute atomic E-state index is 5.67. The Morgan fingerprint density at radius 1 is 1.50 bits per heavy atom. The molecule has 1 N–H and O–H groups in total. The predicted octanol–water partition coefficient (Wildman–Crippen LogP) is 0.750. The summed E-state index contributed by atoms with van der Waals surface area (Å²) in [6, 6.07) is 1.80. The molecule has 0 amide bonds. The van der Waals surface area contributed by atoms with Crippen LogP contribution in [-0.2, 0) is 11.3 Å². The molecule has 3 rings (SSSR count). The molecule has 0 radical (unpaired) electrons. The van der Waals surface area contributed by atoms with Crippen molar-refractivity contribution in [3.05, 3.63) is 24.5 Å². The highest BCUT2D eigenvalue weighted by Crippen LogP contribution is 2.15. The number of ether oxygens (including phenoxy) is 1. The van der Waals surface area contributed by atoms with Crippen LogP contribution in [0.4, 0.5) is 0 Å². The quantitative estimate of drug-likeness (QED) is 0.864. The summed E-state index contributed by atoms with van der Waals surface area (Å²) in [5.74, 6) is 1.11. The Kier molecular flexibility index (Phi) is 4.10. The molecule has 1 saturated heterocycles. The van der Waals surface area contributed by atoms with Crippen LogP contribution in [0.25, 0.3) is 11.4 Å². The van der Waals surface area contributed by atoms with Crippen LogP contribution in [0.1, 0.15) is 5.89 Å². The molecule has 2 aromatic rings. The van der Waals surface area contributed by atoms with E-state index in [2.05, 4.69) is 27.4 Å². The average molecular weight is 278 g/mol. The lowest BCUT2D eigenvalue weighted by Gasteiger charge is -2.30. The normalized spacial score (nSPS) is 20.4. The summed E-state index contributed by atoms with van der Waals surface area (Å²) < 4.78 is 15.8. The average Bonchev–Trinajstić information content (AvgIpc) is 3.09. The zero-order chi connectivity index (χ0) is 13.8. The molecule has 2 aromatic heterocycles. The maximum Gasteiger partial charge on any atom is 0.240 e. The minimum Gasteiger partial charge on any atom is -0.472 e. The van der Waals surface area contributed by atoms with E-state index < -0.39 is 0 Å². The summed E-state index contributed by atoms with van der Waals surface area (Å²) in [5, 5.41) is 7.19. The molecule has 7 nitrogen and oxygen atoms in total. The van der Waals surface area contributed by atoms with E-state index in [4.69, 9.17) is 13.7 Å². The lowest BCUT2D eigenvalue weighted by Crippen LogP contribution is -2.44. The van der Waals surface area contributed by atoms with E-state index in [-0.39, 0.29) is 6.10 Å². The minimum atomic E-state index is 0.213. The molecule has 108 valence electrons. The smallest absolute Gasteiger partial charge is 0.240 e. The van der Waals surface area contributed by atoms with Gasteiger partial charge in [-0.05, 0) is 13.1 Å². The van der Waals surface area contributed by atoms with E-state index in [9.17, 15) is 0 Å². The van der Waals surface area contributed by atoms with Crippen LogP contribution in [0.3, 0.4) is 0 Å². The predicted molar refractivity (Wildman–Crippen MR) is 70.9 cm³/mol. The first-order valence-electron chi connectivity index (χ1n) is 6.67. The van der Waals surface area contributed by atoms with Crippen LogP contribution in [0.2, 0.25) is 0 Å². The van der Waals surface area contributed by atoms with E-state index in [0.717, 1.165) is 31.8 Å². The number of aromatic nitrogens is 2. The SMILES string of the molecule is CN1CCO[C@H](CNCc2nc(-c3ccoc3)no2)C1. The molecule has 0 spiro atoms. The number of rotatable bonds is 5. The van der Waals surface area contributed by atoms with Crippen LogP contribution in [0.5, 0.6) is 0 Å². The third-order valence-electron chi connectivity index (χ3n) is 3.24. The molecule has 0 saturated carbocycles. The van der Waals surface area contributed by atoms with Crippen molar-refractivity contribution >= 4 is 0 Å². The van der Waals surface area contributed by atoms with Crippen LogP contribution in [-0.4, -0.2) is 54.4 Å². The molecule has 1 atom stereocenters. The van der Waals surface area contributed by atoms with Gasteiger partial charge in [-0.1, -0.05) is 5.16 Å². The van der Waals surface area contributed by atoms with Crippen LogP contribution in [0, 0.1) is 0 Å². The van der Waals surface area contributed by atoms with E-state index in [1.54, 1.807) is 18.6 Å². The van der Waals surface area contributed by atoms with Crippen molar-refractivity contribution in [2.75, 3.05) is 33.3 Å². The van der Waals surface area contributed by atoms with Gasteiger partial charge in [-0.15, -0.1) is 0 Å². The summed E-state index contributed by atoms with van der Waals surface area (Å²) in [4.78, 5) is 6.56. The number of furan rings is 1. The van der Waals surface area contributed by atoms with E-state index >= 15 is 0 Å². The Labute approximate surface area is 116 Å². The molecule has 0 unspecified atom stereocenters. The molecule has 1 fully saturated rings. The molecule has 3 heterocycles. The maximum atomic E-state index is 5.67. The fraction of sp³-hybridized carbons (Fsp3) is 0.538. The molecule has 7 heteroatoms. The van der Waals surface area contributed by atoms with Gasteiger partial charge < -0.3 is 23.9 Å². The third kappa shape index (κ3) is 3.24. The first kappa shape index (κ1) is 13.3.